The monoisotopic (exact) mass is 225 g/mol. The molecule has 2 heteroatoms. The predicted molar refractivity (Wildman–Crippen MR) is 67.5 cm³/mol. The minimum Gasteiger partial charge on any atom is -0.388 e. The third-order valence-electron chi connectivity index (χ3n) is 4.37. The molecule has 0 bridgehead atoms. The molecule has 2 aliphatic heterocycles. The van der Waals surface area contributed by atoms with E-state index in [4.69, 9.17) is 0 Å². The lowest BCUT2D eigenvalue weighted by molar-refractivity contribution is -0.0232. The third kappa shape index (κ3) is 2.60. The van der Waals surface area contributed by atoms with Crippen molar-refractivity contribution in [1.82, 2.24) is 4.90 Å². The molecule has 0 saturated carbocycles. The fourth-order valence-corrected chi connectivity index (χ4v) is 3.25. The third-order valence-corrected chi connectivity index (χ3v) is 4.37. The zero-order chi connectivity index (χ0) is 11.8. The minimum atomic E-state index is -0.381. The Morgan fingerprint density at radius 1 is 1.25 bits per heavy atom. The van der Waals surface area contributed by atoms with Crippen molar-refractivity contribution in [2.75, 3.05) is 13.1 Å². The van der Waals surface area contributed by atoms with Gasteiger partial charge in [-0.25, -0.2) is 0 Å². The molecule has 2 aliphatic rings. The molecule has 1 N–H and O–H groups in total. The van der Waals surface area contributed by atoms with Crippen LogP contribution in [0.3, 0.4) is 0 Å². The molecule has 0 aromatic heterocycles. The highest BCUT2D eigenvalue weighted by Gasteiger charge is 2.46. The van der Waals surface area contributed by atoms with Gasteiger partial charge in [0.25, 0.3) is 0 Å². The van der Waals surface area contributed by atoms with E-state index in [2.05, 4.69) is 25.7 Å². The zero-order valence-corrected chi connectivity index (χ0v) is 11.1. The second-order valence-corrected chi connectivity index (χ2v) is 6.96. The topological polar surface area (TPSA) is 23.5 Å². The first-order chi connectivity index (χ1) is 7.41. The Morgan fingerprint density at radius 2 is 2.00 bits per heavy atom. The average Bonchev–Trinajstić information content (AvgIpc) is 2.55. The van der Waals surface area contributed by atoms with Crippen LogP contribution in [0.2, 0.25) is 0 Å². The highest BCUT2D eigenvalue weighted by atomic mass is 16.3. The summed E-state index contributed by atoms with van der Waals surface area (Å²) < 4.78 is 0. The molecule has 94 valence electrons. The van der Waals surface area contributed by atoms with Gasteiger partial charge in [-0.15, -0.1) is 0 Å². The molecule has 2 unspecified atom stereocenters. The van der Waals surface area contributed by atoms with Crippen LogP contribution in [0.15, 0.2) is 0 Å². The van der Waals surface area contributed by atoms with Gasteiger partial charge in [-0.3, -0.25) is 4.90 Å². The second-order valence-electron chi connectivity index (χ2n) is 6.96. The summed E-state index contributed by atoms with van der Waals surface area (Å²) in [7, 11) is 0. The molecule has 2 rings (SSSR count). The van der Waals surface area contributed by atoms with Crippen LogP contribution in [0.1, 0.15) is 59.3 Å². The van der Waals surface area contributed by atoms with Crippen LogP contribution in [0.25, 0.3) is 0 Å². The Bertz CT molecular complexity index is 246. The lowest BCUT2D eigenvalue weighted by atomic mass is 9.79. The maximum absolute atomic E-state index is 10.8. The Balaban J connectivity index is 1.96. The molecule has 0 amide bonds. The number of rotatable bonds is 2. The minimum absolute atomic E-state index is 0.345. The lowest BCUT2D eigenvalue weighted by Gasteiger charge is -2.38. The van der Waals surface area contributed by atoms with E-state index in [-0.39, 0.29) is 5.60 Å². The Labute approximate surface area is 100 Å². The number of nitrogens with zero attached hydrogens (tertiary/aromatic N) is 1. The summed E-state index contributed by atoms with van der Waals surface area (Å²) >= 11 is 0. The van der Waals surface area contributed by atoms with E-state index in [0.29, 0.717) is 11.5 Å². The molecule has 0 aromatic rings. The first-order valence-electron chi connectivity index (χ1n) is 6.87. The summed E-state index contributed by atoms with van der Waals surface area (Å²) in [4.78, 5) is 2.52. The van der Waals surface area contributed by atoms with Gasteiger partial charge in [0, 0.05) is 12.6 Å². The first kappa shape index (κ1) is 12.4. The summed E-state index contributed by atoms with van der Waals surface area (Å²) in [5.74, 6) is 0. The van der Waals surface area contributed by atoms with Gasteiger partial charge in [-0.05, 0) is 44.1 Å². The van der Waals surface area contributed by atoms with Crippen molar-refractivity contribution in [3.05, 3.63) is 0 Å². The number of piperidine rings is 1. The molecule has 2 saturated heterocycles. The van der Waals surface area contributed by atoms with E-state index < -0.39 is 0 Å². The van der Waals surface area contributed by atoms with Crippen LogP contribution in [-0.2, 0) is 0 Å². The summed E-state index contributed by atoms with van der Waals surface area (Å²) in [6.45, 7) is 9.13. The molecule has 2 heterocycles. The maximum Gasteiger partial charge on any atom is 0.0814 e. The maximum atomic E-state index is 10.8. The van der Waals surface area contributed by atoms with Crippen molar-refractivity contribution in [3.63, 3.8) is 0 Å². The van der Waals surface area contributed by atoms with Gasteiger partial charge in [0.1, 0.15) is 0 Å². The van der Waals surface area contributed by atoms with Gasteiger partial charge < -0.3 is 5.11 Å². The van der Waals surface area contributed by atoms with E-state index in [1.54, 1.807) is 0 Å². The van der Waals surface area contributed by atoms with Gasteiger partial charge in [0.2, 0.25) is 0 Å². The van der Waals surface area contributed by atoms with Crippen molar-refractivity contribution in [1.29, 1.82) is 0 Å². The molecule has 0 spiro atoms. The van der Waals surface area contributed by atoms with E-state index in [1.165, 1.54) is 25.8 Å². The molecule has 16 heavy (non-hydrogen) atoms. The predicted octanol–water partition coefficient (Wildman–Crippen LogP) is 2.80. The van der Waals surface area contributed by atoms with Crippen molar-refractivity contribution in [2.24, 2.45) is 5.41 Å². The van der Waals surface area contributed by atoms with Gasteiger partial charge >= 0.3 is 0 Å². The highest BCUT2D eigenvalue weighted by molar-refractivity contribution is 5.01. The summed E-state index contributed by atoms with van der Waals surface area (Å²) in [5.41, 5.74) is -0.0362. The van der Waals surface area contributed by atoms with Gasteiger partial charge in [0.15, 0.2) is 0 Å². The van der Waals surface area contributed by atoms with Crippen LogP contribution >= 0.6 is 0 Å². The van der Waals surface area contributed by atoms with Crippen LogP contribution in [-0.4, -0.2) is 34.7 Å². The van der Waals surface area contributed by atoms with Gasteiger partial charge in [-0.2, -0.15) is 0 Å². The standard InChI is InChI=1S/C14H27NO/c1-13(2,3)7-8-14(16)9-11-15-10-5-4-6-12(14)15/h12,16H,4-11H2,1-3H3. The second kappa shape index (κ2) is 4.30. The normalized spacial score (nSPS) is 36.4. The fraction of sp³-hybridized carbons (Fsp3) is 1.00. The quantitative estimate of drug-likeness (QED) is 0.781. The fourth-order valence-electron chi connectivity index (χ4n) is 3.25. The number of hydrogen-bond donors (Lipinski definition) is 1. The Kier molecular flexibility index (Phi) is 3.33. The van der Waals surface area contributed by atoms with Crippen molar-refractivity contribution < 1.29 is 5.11 Å². The SMILES string of the molecule is CC(C)(C)CCC1(O)CCN2CCCCC21. The molecule has 2 atom stereocenters. The summed E-state index contributed by atoms with van der Waals surface area (Å²) in [5, 5.41) is 10.8. The molecule has 2 nitrogen and oxygen atoms in total. The number of hydrogen-bond acceptors (Lipinski definition) is 2. The number of aliphatic hydroxyl groups is 1. The van der Waals surface area contributed by atoms with Crippen LogP contribution < -0.4 is 0 Å². The van der Waals surface area contributed by atoms with Crippen molar-refractivity contribution in [3.8, 4) is 0 Å². The van der Waals surface area contributed by atoms with E-state index in [1.807, 2.05) is 0 Å². The molecule has 2 fully saturated rings. The van der Waals surface area contributed by atoms with E-state index in [0.717, 1.165) is 25.8 Å². The lowest BCUT2D eigenvalue weighted by Crippen LogP contribution is -2.47. The number of fused-ring (bicyclic) bond motifs is 1. The smallest absolute Gasteiger partial charge is 0.0814 e. The summed E-state index contributed by atoms with van der Waals surface area (Å²) in [6, 6.07) is 0.462. The Hall–Kier alpha value is -0.0800. The van der Waals surface area contributed by atoms with Crippen molar-refractivity contribution in [2.45, 2.75) is 70.9 Å². The van der Waals surface area contributed by atoms with E-state index in [9.17, 15) is 5.11 Å². The zero-order valence-electron chi connectivity index (χ0n) is 11.1. The van der Waals surface area contributed by atoms with Crippen LogP contribution in [0, 0.1) is 5.41 Å². The first-order valence-corrected chi connectivity index (χ1v) is 6.87. The highest BCUT2D eigenvalue weighted by Crippen LogP contribution is 2.39. The molecular formula is C14H27NO. The summed E-state index contributed by atoms with van der Waals surface area (Å²) in [6.07, 6.45) is 6.95. The average molecular weight is 225 g/mol. The molecule has 0 radical (unpaired) electrons. The molecule has 0 aromatic carbocycles. The Morgan fingerprint density at radius 3 is 2.69 bits per heavy atom. The van der Waals surface area contributed by atoms with E-state index >= 15 is 0 Å². The van der Waals surface area contributed by atoms with Crippen LogP contribution in [0.4, 0.5) is 0 Å². The van der Waals surface area contributed by atoms with Gasteiger partial charge in [0.05, 0.1) is 5.60 Å². The van der Waals surface area contributed by atoms with Gasteiger partial charge in [-0.1, -0.05) is 27.2 Å². The molecular weight excluding hydrogens is 198 g/mol. The van der Waals surface area contributed by atoms with Crippen LogP contribution in [0.5, 0.6) is 0 Å². The van der Waals surface area contributed by atoms with Crippen molar-refractivity contribution >= 4 is 0 Å². The molecule has 0 aliphatic carbocycles. The largest absolute Gasteiger partial charge is 0.388 e.